The summed E-state index contributed by atoms with van der Waals surface area (Å²) in [5.41, 5.74) is 0.690. The molecule has 0 saturated carbocycles. The first kappa shape index (κ1) is 16.8. The topological polar surface area (TPSA) is 70.2 Å². The normalized spacial score (nSPS) is 16.8. The molecule has 1 aromatic rings. The number of H-pyrrole nitrogens is 1. The summed E-state index contributed by atoms with van der Waals surface area (Å²) in [7, 11) is 0. The van der Waals surface area contributed by atoms with Crippen molar-refractivity contribution < 1.29 is 9.53 Å². The Labute approximate surface area is 132 Å². The van der Waals surface area contributed by atoms with Crippen molar-refractivity contribution in [2.24, 2.45) is 0 Å². The minimum absolute atomic E-state index is 0.202. The molecule has 1 aliphatic rings. The van der Waals surface area contributed by atoms with Crippen LogP contribution in [0.25, 0.3) is 0 Å². The second-order valence-corrected chi connectivity index (χ2v) is 6.83. The van der Waals surface area contributed by atoms with Crippen LogP contribution < -0.4 is 5.32 Å². The van der Waals surface area contributed by atoms with Crippen molar-refractivity contribution in [2.75, 3.05) is 13.1 Å². The number of ether oxygens (including phenoxy) is 1. The summed E-state index contributed by atoms with van der Waals surface area (Å²) >= 11 is 0. The molecule has 0 aromatic carbocycles. The second-order valence-electron chi connectivity index (χ2n) is 6.83. The molecule has 1 saturated heterocycles. The van der Waals surface area contributed by atoms with E-state index in [-0.39, 0.29) is 6.09 Å². The lowest BCUT2D eigenvalue weighted by atomic mass is 10.1. The van der Waals surface area contributed by atoms with E-state index in [0.29, 0.717) is 6.04 Å². The number of amides is 1. The molecule has 0 bridgehead atoms. The number of piperidine rings is 1. The summed E-state index contributed by atoms with van der Waals surface area (Å²) in [4.78, 5) is 21.4. The van der Waals surface area contributed by atoms with Gasteiger partial charge in [-0.2, -0.15) is 0 Å². The molecular weight excluding hydrogens is 280 g/mol. The summed E-state index contributed by atoms with van der Waals surface area (Å²) in [6.07, 6.45) is 4.52. The molecule has 2 heterocycles. The van der Waals surface area contributed by atoms with E-state index in [0.717, 1.165) is 50.4 Å². The highest BCUT2D eigenvalue weighted by molar-refractivity contribution is 5.68. The van der Waals surface area contributed by atoms with Gasteiger partial charge in [-0.1, -0.05) is 6.92 Å². The van der Waals surface area contributed by atoms with Crippen LogP contribution in [-0.4, -0.2) is 45.7 Å². The molecule has 22 heavy (non-hydrogen) atoms. The highest BCUT2D eigenvalue weighted by Gasteiger charge is 2.26. The Balaban J connectivity index is 1.72. The van der Waals surface area contributed by atoms with E-state index < -0.39 is 5.60 Å². The fourth-order valence-corrected chi connectivity index (χ4v) is 2.52. The first-order valence-corrected chi connectivity index (χ1v) is 8.11. The lowest BCUT2D eigenvalue weighted by molar-refractivity contribution is 0.0198. The first-order chi connectivity index (χ1) is 10.4. The number of imidazole rings is 1. The molecule has 0 atom stereocenters. The molecule has 1 amide bonds. The summed E-state index contributed by atoms with van der Waals surface area (Å²) in [6.45, 7) is 10.1. The monoisotopic (exact) mass is 308 g/mol. The quantitative estimate of drug-likeness (QED) is 0.896. The minimum atomic E-state index is -0.427. The van der Waals surface area contributed by atoms with Gasteiger partial charge in [0.15, 0.2) is 0 Å². The van der Waals surface area contributed by atoms with E-state index >= 15 is 0 Å². The fraction of sp³-hybridized carbons (Fsp3) is 0.750. The van der Waals surface area contributed by atoms with Crippen molar-refractivity contribution in [2.45, 2.75) is 65.1 Å². The zero-order chi connectivity index (χ0) is 16.2. The van der Waals surface area contributed by atoms with E-state index in [4.69, 9.17) is 4.74 Å². The Hall–Kier alpha value is -1.56. The van der Waals surface area contributed by atoms with E-state index in [9.17, 15) is 4.79 Å². The predicted octanol–water partition coefficient (Wildman–Crippen LogP) is 2.46. The van der Waals surface area contributed by atoms with Gasteiger partial charge >= 0.3 is 6.09 Å². The minimum Gasteiger partial charge on any atom is -0.444 e. The van der Waals surface area contributed by atoms with E-state index in [1.165, 1.54) is 0 Å². The third-order valence-electron chi connectivity index (χ3n) is 3.74. The molecule has 0 unspecified atom stereocenters. The molecule has 6 nitrogen and oxygen atoms in total. The Morgan fingerprint density at radius 1 is 1.45 bits per heavy atom. The number of aromatic nitrogens is 2. The maximum absolute atomic E-state index is 12.0. The van der Waals surface area contributed by atoms with Crippen LogP contribution in [0.5, 0.6) is 0 Å². The summed E-state index contributed by atoms with van der Waals surface area (Å²) in [6, 6.07) is 0.437. The van der Waals surface area contributed by atoms with Crippen molar-refractivity contribution in [3.8, 4) is 0 Å². The van der Waals surface area contributed by atoms with Gasteiger partial charge in [-0.25, -0.2) is 9.78 Å². The van der Waals surface area contributed by atoms with Crippen LogP contribution in [0.4, 0.5) is 4.79 Å². The highest BCUT2D eigenvalue weighted by Crippen LogP contribution is 2.15. The number of carbonyl (C=O) groups is 1. The number of nitrogens with zero attached hydrogens (tertiary/aromatic N) is 2. The lowest BCUT2D eigenvalue weighted by Crippen LogP contribution is -2.46. The number of rotatable bonds is 4. The fourth-order valence-electron chi connectivity index (χ4n) is 2.52. The molecular formula is C16H28N4O2. The summed E-state index contributed by atoms with van der Waals surface area (Å²) < 4.78 is 5.41. The molecule has 6 heteroatoms. The maximum atomic E-state index is 12.0. The van der Waals surface area contributed by atoms with Crippen LogP contribution in [0.3, 0.4) is 0 Å². The van der Waals surface area contributed by atoms with Crippen molar-refractivity contribution in [1.82, 2.24) is 20.2 Å². The third-order valence-corrected chi connectivity index (χ3v) is 3.74. The highest BCUT2D eigenvalue weighted by atomic mass is 16.6. The van der Waals surface area contributed by atoms with E-state index in [2.05, 4.69) is 22.2 Å². The van der Waals surface area contributed by atoms with Crippen LogP contribution in [0.2, 0.25) is 0 Å². The molecule has 1 aliphatic heterocycles. The molecule has 1 fully saturated rings. The number of nitrogens with one attached hydrogen (secondary N) is 2. The van der Waals surface area contributed by atoms with Gasteiger partial charge in [0, 0.05) is 44.0 Å². The Morgan fingerprint density at radius 3 is 2.68 bits per heavy atom. The van der Waals surface area contributed by atoms with Crippen molar-refractivity contribution in [1.29, 1.82) is 0 Å². The van der Waals surface area contributed by atoms with Crippen LogP contribution in [-0.2, 0) is 17.7 Å². The molecule has 0 aliphatic carbocycles. The van der Waals surface area contributed by atoms with Gasteiger partial charge in [0.1, 0.15) is 11.4 Å². The molecule has 1 aromatic heterocycles. The number of likely N-dealkylation sites (tertiary alicyclic amines) is 1. The van der Waals surface area contributed by atoms with E-state index in [1.54, 1.807) is 4.90 Å². The number of hydrogen-bond acceptors (Lipinski definition) is 4. The molecule has 2 rings (SSSR count). The van der Waals surface area contributed by atoms with Gasteiger partial charge < -0.3 is 19.9 Å². The molecule has 124 valence electrons. The Kier molecular flexibility index (Phi) is 5.45. The van der Waals surface area contributed by atoms with Crippen molar-refractivity contribution in [3.05, 3.63) is 17.7 Å². The van der Waals surface area contributed by atoms with Crippen LogP contribution in [0.15, 0.2) is 6.20 Å². The number of aromatic amines is 1. The van der Waals surface area contributed by atoms with Gasteiger partial charge in [-0.15, -0.1) is 0 Å². The number of carbonyl (C=O) groups excluding carboxylic acids is 1. The van der Waals surface area contributed by atoms with Gasteiger partial charge in [0.05, 0.1) is 0 Å². The lowest BCUT2D eigenvalue weighted by Gasteiger charge is -2.33. The molecule has 0 spiro atoms. The first-order valence-electron chi connectivity index (χ1n) is 8.11. The zero-order valence-electron chi connectivity index (χ0n) is 14.1. The van der Waals surface area contributed by atoms with Gasteiger partial charge in [-0.05, 0) is 33.6 Å². The average Bonchev–Trinajstić information content (AvgIpc) is 2.92. The van der Waals surface area contributed by atoms with Crippen LogP contribution >= 0.6 is 0 Å². The zero-order valence-corrected chi connectivity index (χ0v) is 14.1. The van der Waals surface area contributed by atoms with E-state index in [1.807, 2.05) is 27.0 Å². The van der Waals surface area contributed by atoms with Gasteiger partial charge in [0.2, 0.25) is 0 Å². The van der Waals surface area contributed by atoms with Gasteiger partial charge in [-0.3, -0.25) is 0 Å². The van der Waals surface area contributed by atoms with Crippen molar-refractivity contribution in [3.63, 3.8) is 0 Å². The smallest absolute Gasteiger partial charge is 0.410 e. The predicted molar refractivity (Wildman–Crippen MR) is 85.6 cm³/mol. The molecule has 2 N–H and O–H groups in total. The Bertz CT molecular complexity index is 485. The SMILES string of the molecule is CCc1ncc(CNC2CCN(C(=O)OC(C)(C)C)CC2)[nH]1. The molecule has 0 radical (unpaired) electrons. The van der Waals surface area contributed by atoms with Crippen molar-refractivity contribution >= 4 is 6.09 Å². The van der Waals surface area contributed by atoms with Gasteiger partial charge in [0.25, 0.3) is 0 Å². The maximum Gasteiger partial charge on any atom is 0.410 e. The van der Waals surface area contributed by atoms with Crippen LogP contribution in [0.1, 0.15) is 52.1 Å². The average molecular weight is 308 g/mol. The summed E-state index contributed by atoms with van der Waals surface area (Å²) in [5.74, 6) is 1.02. The number of aryl methyl sites for hydroxylation is 1. The number of hydrogen-bond donors (Lipinski definition) is 2. The largest absolute Gasteiger partial charge is 0.444 e. The van der Waals surface area contributed by atoms with Crippen LogP contribution in [0, 0.1) is 0 Å². The summed E-state index contributed by atoms with van der Waals surface area (Å²) in [5, 5.41) is 3.53. The standard InChI is InChI=1S/C16H28N4O2/c1-5-14-18-11-13(19-14)10-17-12-6-8-20(9-7-12)15(21)22-16(2,3)4/h11-12,17H,5-10H2,1-4H3,(H,18,19). The third kappa shape index (κ3) is 5.02. The Morgan fingerprint density at radius 2 is 2.14 bits per heavy atom. The second kappa shape index (κ2) is 7.13.